The maximum absolute atomic E-state index is 13.2. The van der Waals surface area contributed by atoms with Gasteiger partial charge in [-0.1, -0.05) is 12.1 Å². The van der Waals surface area contributed by atoms with E-state index in [1.54, 1.807) is 6.07 Å². The molecule has 1 saturated carbocycles. The number of hydrogen-bond donors (Lipinski definition) is 1. The molecule has 0 amide bonds. The van der Waals surface area contributed by atoms with Gasteiger partial charge in [-0.2, -0.15) is 0 Å². The third-order valence-electron chi connectivity index (χ3n) is 2.03. The van der Waals surface area contributed by atoms with E-state index in [1.165, 1.54) is 0 Å². The second-order valence-electron chi connectivity index (χ2n) is 2.95. The van der Waals surface area contributed by atoms with E-state index < -0.39 is 0 Å². The lowest BCUT2D eigenvalue weighted by molar-refractivity contribution is 0.586. The molecule has 1 aliphatic carbocycles. The van der Waals surface area contributed by atoms with Gasteiger partial charge in [0.05, 0.1) is 0 Å². The molecule has 1 aliphatic rings. The van der Waals surface area contributed by atoms with Crippen LogP contribution in [-0.4, -0.2) is 0 Å². The minimum absolute atomic E-state index is 0.127. The molecule has 1 aromatic rings. The van der Waals surface area contributed by atoms with Gasteiger partial charge < -0.3 is 0 Å². The first-order valence-corrected chi connectivity index (χ1v) is 4.21. The molecule has 0 aromatic heterocycles. The van der Waals surface area contributed by atoms with Crippen LogP contribution in [0.2, 0.25) is 0 Å². The van der Waals surface area contributed by atoms with Gasteiger partial charge in [0.1, 0.15) is 5.82 Å². The molecular formula is C9H9FS. The molecule has 0 spiro atoms. The molecule has 2 rings (SSSR count). The fourth-order valence-electron chi connectivity index (χ4n) is 1.25. The van der Waals surface area contributed by atoms with E-state index in [0.29, 0.717) is 10.8 Å². The SMILES string of the molecule is Fc1c(S)cccc1C1CC1. The zero-order valence-electron chi connectivity index (χ0n) is 6.05. The van der Waals surface area contributed by atoms with E-state index in [9.17, 15) is 4.39 Å². The smallest absolute Gasteiger partial charge is 0.139 e. The molecule has 0 unspecified atom stereocenters. The van der Waals surface area contributed by atoms with Crippen molar-refractivity contribution in [1.29, 1.82) is 0 Å². The number of halogens is 1. The van der Waals surface area contributed by atoms with Crippen LogP contribution in [0.15, 0.2) is 23.1 Å². The predicted molar refractivity (Wildman–Crippen MR) is 45.6 cm³/mol. The normalized spacial score (nSPS) is 16.9. The highest BCUT2D eigenvalue weighted by Crippen LogP contribution is 2.41. The summed E-state index contributed by atoms with van der Waals surface area (Å²) in [6, 6.07) is 5.40. The molecule has 0 bridgehead atoms. The van der Waals surface area contributed by atoms with Gasteiger partial charge in [-0.05, 0) is 30.4 Å². The Morgan fingerprint density at radius 2 is 2.09 bits per heavy atom. The highest BCUT2D eigenvalue weighted by molar-refractivity contribution is 7.80. The van der Waals surface area contributed by atoms with E-state index in [-0.39, 0.29) is 5.82 Å². The number of thiol groups is 1. The lowest BCUT2D eigenvalue weighted by Crippen LogP contribution is -1.87. The summed E-state index contributed by atoms with van der Waals surface area (Å²) in [5, 5.41) is 0. The van der Waals surface area contributed by atoms with Crippen LogP contribution in [0.4, 0.5) is 4.39 Å². The van der Waals surface area contributed by atoms with Crippen LogP contribution in [0.25, 0.3) is 0 Å². The molecular weight excluding hydrogens is 159 g/mol. The summed E-state index contributed by atoms with van der Waals surface area (Å²) in [6.45, 7) is 0. The molecule has 2 heteroatoms. The summed E-state index contributed by atoms with van der Waals surface area (Å²) in [5.41, 5.74) is 0.845. The Labute approximate surface area is 70.8 Å². The third-order valence-corrected chi connectivity index (χ3v) is 2.37. The van der Waals surface area contributed by atoms with Crippen molar-refractivity contribution in [1.82, 2.24) is 0 Å². The Kier molecular flexibility index (Phi) is 1.64. The number of benzene rings is 1. The Morgan fingerprint density at radius 1 is 1.36 bits per heavy atom. The molecule has 11 heavy (non-hydrogen) atoms. The molecule has 58 valence electrons. The fourth-order valence-corrected chi connectivity index (χ4v) is 1.46. The van der Waals surface area contributed by atoms with Crippen LogP contribution in [0.1, 0.15) is 24.3 Å². The highest BCUT2D eigenvalue weighted by atomic mass is 32.1. The minimum Gasteiger partial charge on any atom is -0.205 e. The van der Waals surface area contributed by atoms with Crippen molar-refractivity contribution in [2.45, 2.75) is 23.7 Å². The van der Waals surface area contributed by atoms with Crippen LogP contribution in [0.5, 0.6) is 0 Å². The fraction of sp³-hybridized carbons (Fsp3) is 0.333. The molecule has 0 heterocycles. The lowest BCUT2D eigenvalue weighted by atomic mass is 10.1. The van der Waals surface area contributed by atoms with E-state index in [1.807, 2.05) is 12.1 Å². The van der Waals surface area contributed by atoms with Crippen LogP contribution < -0.4 is 0 Å². The van der Waals surface area contributed by atoms with E-state index in [4.69, 9.17) is 0 Å². The van der Waals surface area contributed by atoms with Crippen molar-refractivity contribution < 1.29 is 4.39 Å². The van der Waals surface area contributed by atoms with Crippen molar-refractivity contribution in [3.8, 4) is 0 Å². The van der Waals surface area contributed by atoms with Crippen molar-refractivity contribution in [3.63, 3.8) is 0 Å². The lowest BCUT2D eigenvalue weighted by Gasteiger charge is -2.01. The minimum atomic E-state index is -0.127. The van der Waals surface area contributed by atoms with Gasteiger partial charge in [0.15, 0.2) is 0 Å². The van der Waals surface area contributed by atoms with E-state index >= 15 is 0 Å². The summed E-state index contributed by atoms with van der Waals surface area (Å²) in [5.74, 6) is 0.348. The topological polar surface area (TPSA) is 0 Å². The second kappa shape index (κ2) is 2.52. The molecule has 0 atom stereocenters. The van der Waals surface area contributed by atoms with Crippen LogP contribution in [-0.2, 0) is 0 Å². The zero-order valence-corrected chi connectivity index (χ0v) is 6.94. The maximum Gasteiger partial charge on any atom is 0.139 e. The Balaban J connectivity index is 2.45. The number of hydrogen-bond acceptors (Lipinski definition) is 1. The first kappa shape index (κ1) is 7.17. The second-order valence-corrected chi connectivity index (χ2v) is 3.44. The van der Waals surface area contributed by atoms with Gasteiger partial charge in [0, 0.05) is 4.90 Å². The summed E-state index contributed by atoms with van der Waals surface area (Å²) in [6.07, 6.45) is 2.27. The van der Waals surface area contributed by atoms with Crippen molar-refractivity contribution in [3.05, 3.63) is 29.6 Å². The summed E-state index contributed by atoms with van der Waals surface area (Å²) in [7, 11) is 0. The predicted octanol–water partition coefficient (Wildman–Crippen LogP) is 2.99. The van der Waals surface area contributed by atoms with Gasteiger partial charge in [0.25, 0.3) is 0 Å². The van der Waals surface area contributed by atoms with Gasteiger partial charge >= 0.3 is 0 Å². The molecule has 0 nitrogen and oxygen atoms in total. The van der Waals surface area contributed by atoms with Gasteiger partial charge in [-0.3, -0.25) is 0 Å². The largest absolute Gasteiger partial charge is 0.205 e. The van der Waals surface area contributed by atoms with Gasteiger partial charge in [-0.25, -0.2) is 4.39 Å². The van der Waals surface area contributed by atoms with Crippen molar-refractivity contribution in [2.24, 2.45) is 0 Å². The quantitative estimate of drug-likeness (QED) is 0.612. The highest BCUT2D eigenvalue weighted by Gasteiger charge is 2.26. The van der Waals surface area contributed by atoms with E-state index in [0.717, 1.165) is 18.4 Å². The standard InChI is InChI=1S/C9H9FS/c10-9-7(6-4-5-6)2-1-3-8(9)11/h1-3,6,11H,4-5H2. The summed E-state index contributed by atoms with van der Waals surface area (Å²) in [4.78, 5) is 0.467. The van der Waals surface area contributed by atoms with Crippen LogP contribution in [0, 0.1) is 5.82 Å². The molecule has 1 aromatic carbocycles. The van der Waals surface area contributed by atoms with Gasteiger partial charge in [0.2, 0.25) is 0 Å². The molecule has 0 radical (unpaired) electrons. The first-order chi connectivity index (χ1) is 5.29. The first-order valence-electron chi connectivity index (χ1n) is 3.76. The van der Waals surface area contributed by atoms with Crippen LogP contribution in [0.3, 0.4) is 0 Å². The molecule has 0 N–H and O–H groups in total. The molecule has 0 saturated heterocycles. The Morgan fingerprint density at radius 3 is 2.73 bits per heavy atom. The monoisotopic (exact) mass is 168 g/mol. The van der Waals surface area contributed by atoms with Crippen molar-refractivity contribution in [2.75, 3.05) is 0 Å². The Bertz CT molecular complexity index is 279. The van der Waals surface area contributed by atoms with Gasteiger partial charge in [-0.15, -0.1) is 12.6 Å². The molecule has 0 aliphatic heterocycles. The average Bonchev–Trinajstić information content (AvgIpc) is 2.77. The van der Waals surface area contributed by atoms with Crippen LogP contribution >= 0.6 is 12.6 Å². The van der Waals surface area contributed by atoms with E-state index in [2.05, 4.69) is 12.6 Å². The molecule has 1 fully saturated rings. The summed E-state index contributed by atoms with van der Waals surface area (Å²) < 4.78 is 13.2. The zero-order chi connectivity index (χ0) is 7.84. The Hall–Kier alpha value is -0.500. The average molecular weight is 168 g/mol. The summed E-state index contributed by atoms with van der Waals surface area (Å²) >= 11 is 4.01. The maximum atomic E-state index is 13.2. The third kappa shape index (κ3) is 1.27. The van der Waals surface area contributed by atoms with Crippen molar-refractivity contribution >= 4 is 12.6 Å². The number of rotatable bonds is 1.